The Labute approximate surface area is 113 Å². The summed E-state index contributed by atoms with van der Waals surface area (Å²) in [6.45, 7) is 1.68. The van der Waals surface area contributed by atoms with Crippen molar-refractivity contribution in [2.45, 2.75) is 36.0 Å². The molecule has 1 aliphatic rings. The van der Waals surface area contributed by atoms with Crippen molar-refractivity contribution in [1.29, 1.82) is 0 Å². The third-order valence-electron chi connectivity index (χ3n) is 2.84. The lowest BCUT2D eigenvalue weighted by atomic mass is 10.2. The second-order valence-corrected chi connectivity index (χ2v) is 5.31. The lowest BCUT2D eigenvalue weighted by Gasteiger charge is -2.04. The van der Waals surface area contributed by atoms with Crippen molar-refractivity contribution in [1.82, 2.24) is 25.2 Å². The number of rotatable bonds is 4. The van der Waals surface area contributed by atoms with E-state index in [0.717, 1.165) is 12.8 Å². The summed E-state index contributed by atoms with van der Waals surface area (Å²) in [7, 11) is 0. The highest BCUT2D eigenvalue weighted by Crippen LogP contribution is 2.37. The van der Waals surface area contributed by atoms with Gasteiger partial charge < -0.3 is 5.11 Å². The van der Waals surface area contributed by atoms with Gasteiger partial charge in [0.15, 0.2) is 0 Å². The van der Waals surface area contributed by atoms with Crippen LogP contribution in [-0.4, -0.2) is 36.3 Å². The third-order valence-corrected chi connectivity index (χ3v) is 3.73. The van der Waals surface area contributed by atoms with Crippen LogP contribution in [0.4, 0.5) is 0 Å². The van der Waals surface area contributed by atoms with E-state index in [2.05, 4.69) is 20.5 Å². The van der Waals surface area contributed by atoms with Gasteiger partial charge in [-0.05, 0) is 54.1 Å². The van der Waals surface area contributed by atoms with Crippen LogP contribution in [0.2, 0.25) is 0 Å². The maximum absolute atomic E-state index is 10.9. The number of pyridine rings is 1. The molecule has 0 saturated heterocycles. The lowest BCUT2D eigenvalue weighted by Crippen LogP contribution is -2.02. The highest BCUT2D eigenvalue weighted by molar-refractivity contribution is 7.99. The largest absolute Gasteiger partial charge is 0.478 e. The first-order chi connectivity index (χ1) is 9.15. The summed E-state index contributed by atoms with van der Waals surface area (Å²) in [6.07, 6.45) is 2.20. The molecule has 3 rings (SSSR count). The van der Waals surface area contributed by atoms with Crippen molar-refractivity contribution in [3.05, 3.63) is 23.4 Å². The number of hydrogen-bond donors (Lipinski definition) is 1. The van der Waals surface area contributed by atoms with E-state index in [-0.39, 0.29) is 5.56 Å². The molecular weight excluding hydrogens is 266 g/mol. The van der Waals surface area contributed by atoms with E-state index in [9.17, 15) is 4.79 Å². The summed E-state index contributed by atoms with van der Waals surface area (Å²) < 4.78 is 1.80. The summed E-state index contributed by atoms with van der Waals surface area (Å²) in [5.74, 6) is -0.968. The fourth-order valence-electron chi connectivity index (χ4n) is 1.72. The predicted octanol–water partition coefficient (Wildman–Crippen LogP) is 1.56. The van der Waals surface area contributed by atoms with Gasteiger partial charge >= 0.3 is 5.97 Å². The Balaban J connectivity index is 1.85. The average molecular weight is 277 g/mol. The lowest BCUT2D eigenvalue weighted by molar-refractivity contribution is 0.0695. The summed E-state index contributed by atoms with van der Waals surface area (Å²) in [6, 6.07) is 3.63. The van der Waals surface area contributed by atoms with E-state index < -0.39 is 5.97 Å². The standard InChI is InChI=1S/C11H11N5O2S/c1-6-8(10(17)18)4-5-9(12-6)19-11-13-14-15-16(11)7-2-3-7/h4-5,7H,2-3H2,1H3,(H,17,18). The molecule has 0 aliphatic heterocycles. The van der Waals surface area contributed by atoms with Crippen molar-refractivity contribution >= 4 is 17.7 Å². The summed E-state index contributed by atoms with van der Waals surface area (Å²) >= 11 is 1.35. The molecule has 0 bridgehead atoms. The number of hydrogen-bond acceptors (Lipinski definition) is 6. The van der Waals surface area contributed by atoms with Gasteiger partial charge in [0.05, 0.1) is 17.3 Å². The zero-order chi connectivity index (χ0) is 13.4. The molecule has 0 spiro atoms. The quantitative estimate of drug-likeness (QED) is 0.906. The molecule has 1 saturated carbocycles. The molecule has 1 fully saturated rings. The molecule has 2 aromatic heterocycles. The Morgan fingerprint density at radius 1 is 1.47 bits per heavy atom. The van der Waals surface area contributed by atoms with Gasteiger partial charge in [0.1, 0.15) is 5.03 Å². The molecule has 1 aliphatic carbocycles. The molecule has 7 nitrogen and oxygen atoms in total. The molecule has 0 atom stereocenters. The van der Waals surface area contributed by atoms with E-state index in [1.807, 2.05) is 0 Å². The SMILES string of the molecule is Cc1nc(Sc2nnnn2C2CC2)ccc1C(=O)O. The van der Waals surface area contributed by atoms with Crippen LogP contribution < -0.4 is 0 Å². The Morgan fingerprint density at radius 3 is 2.89 bits per heavy atom. The van der Waals surface area contributed by atoms with Gasteiger partial charge in [0.25, 0.3) is 0 Å². The number of carboxylic acid groups (broad SMARTS) is 1. The van der Waals surface area contributed by atoms with Crippen LogP contribution in [0.25, 0.3) is 0 Å². The minimum absolute atomic E-state index is 0.214. The zero-order valence-corrected chi connectivity index (χ0v) is 11.0. The number of aromatic nitrogens is 5. The van der Waals surface area contributed by atoms with Gasteiger partial charge in [-0.15, -0.1) is 5.10 Å². The number of nitrogens with zero attached hydrogens (tertiary/aromatic N) is 5. The molecule has 0 radical (unpaired) electrons. The van der Waals surface area contributed by atoms with Crippen molar-refractivity contribution in [3.8, 4) is 0 Å². The van der Waals surface area contributed by atoms with Crippen LogP contribution in [0.1, 0.15) is 34.9 Å². The van der Waals surface area contributed by atoms with Gasteiger partial charge in [-0.1, -0.05) is 0 Å². The van der Waals surface area contributed by atoms with Crippen LogP contribution in [0.5, 0.6) is 0 Å². The van der Waals surface area contributed by atoms with Crippen LogP contribution in [0.3, 0.4) is 0 Å². The van der Waals surface area contributed by atoms with Gasteiger partial charge in [-0.25, -0.2) is 14.5 Å². The highest BCUT2D eigenvalue weighted by atomic mass is 32.2. The maximum atomic E-state index is 10.9. The Kier molecular flexibility index (Phi) is 2.94. The van der Waals surface area contributed by atoms with Crippen molar-refractivity contribution in [2.75, 3.05) is 0 Å². The minimum atomic E-state index is -0.968. The molecule has 2 aromatic rings. The molecule has 2 heterocycles. The van der Waals surface area contributed by atoms with Gasteiger partial charge in [-0.3, -0.25) is 0 Å². The summed E-state index contributed by atoms with van der Waals surface area (Å²) in [4.78, 5) is 15.2. The molecule has 1 N–H and O–H groups in total. The number of aryl methyl sites for hydroxylation is 1. The molecule has 0 amide bonds. The normalized spacial score (nSPS) is 14.6. The van der Waals surface area contributed by atoms with Crippen LogP contribution in [-0.2, 0) is 0 Å². The van der Waals surface area contributed by atoms with E-state index in [0.29, 0.717) is 21.9 Å². The van der Waals surface area contributed by atoms with Crippen LogP contribution in [0, 0.1) is 6.92 Å². The topological polar surface area (TPSA) is 93.8 Å². The van der Waals surface area contributed by atoms with E-state index in [1.54, 1.807) is 23.7 Å². The zero-order valence-electron chi connectivity index (χ0n) is 10.1. The average Bonchev–Trinajstić information content (AvgIpc) is 3.10. The van der Waals surface area contributed by atoms with Gasteiger partial charge in [0, 0.05) is 0 Å². The Morgan fingerprint density at radius 2 is 2.26 bits per heavy atom. The molecule has 0 aromatic carbocycles. The molecule has 19 heavy (non-hydrogen) atoms. The summed E-state index contributed by atoms with van der Waals surface area (Å²) in [5.41, 5.74) is 0.703. The van der Waals surface area contributed by atoms with E-state index >= 15 is 0 Å². The van der Waals surface area contributed by atoms with Gasteiger partial charge in [-0.2, -0.15) is 0 Å². The number of aromatic carboxylic acids is 1. The molecule has 8 heteroatoms. The first-order valence-electron chi connectivity index (χ1n) is 5.82. The maximum Gasteiger partial charge on any atom is 0.337 e. The van der Waals surface area contributed by atoms with E-state index in [1.165, 1.54) is 11.8 Å². The second kappa shape index (κ2) is 4.61. The fraction of sp³-hybridized carbons (Fsp3) is 0.364. The first-order valence-corrected chi connectivity index (χ1v) is 6.63. The van der Waals surface area contributed by atoms with Crippen LogP contribution in [0.15, 0.2) is 22.3 Å². The number of carbonyl (C=O) groups is 1. The smallest absolute Gasteiger partial charge is 0.337 e. The summed E-state index contributed by atoms with van der Waals surface area (Å²) in [5, 5.41) is 21.9. The number of carboxylic acids is 1. The Hall–Kier alpha value is -1.96. The minimum Gasteiger partial charge on any atom is -0.478 e. The Bertz CT molecular complexity index is 638. The highest BCUT2D eigenvalue weighted by Gasteiger charge is 2.28. The second-order valence-electron chi connectivity index (χ2n) is 4.33. The monoisotopic (exact) mass is 277 g/mol. The predicted molar refractivity (Wildman–Crippen MR) is 66.1 cm³/mol. The van der Waals surface area contributed by atoms with Crippen LogP contribution >= 0.6 is 11.8 Å². The van der Waals surface area contributed by atoms with Crippen molar-refractivity contribution in [3.63, 3.8) is 0 Å². The number of tetrazole rings is 1. The third kappa shape index (κ3) is 2.43. The fourth-order valence-corrected chi connectivity index (χ4v) is 2.58. The van der Waals surface area contributed by atoms with E-state index in [4.69, 9.17) is 5.11 Å². The first kappa shape index (κ1) is 12.1. The van der Waals surface area contributed by atoms with Gasteiger partial charge in [0.2, 0.25) is 5.16 Å². The van der Waals surface area contributed by atoms with Crippen molar-refractivity contribution in [2.24, 2.45) is 0 Å². The van der Waals surface area contributed by atoms with Crippen molar-refractivity contribution < 1.29 is 9.90 Å². The molecular formula is C11H11N5O2S. The molecule has 98 valence electrons. The molecule has 0 unspecified atom stereocenters.